The molecular formula is C14H20ClNO3S. The molecular weight excluding hydrogens is 298 g/mol. The molecule has 1 fully saturated rings. The van der Waals surface area contributed by atoms with Crippen molar-refractivity contribution < 1.29 is 13.2 Å². The van der Waals surface area contributed by atoms with Gasteiger partial charge in [-0.25, -0.2) is 8.42 Å². The van der Waals surface area contributed by atoms with Gasteiger partial charge in [-0.05, 0) is 24.6 Å². The lowest BCUT2D eigenvalue weighted by Crippen LogP contribution is -2.36. The van der Waals surface area contributed by atoms with Crippen molar-refractivity contribution in [2.45, 2.75) is 30.6 Å². The minimum absolute atomic E-state index is 0.0901. The van der Waals surface area contributed by atoms with E-state index in [2.05, 4.69) is 0 Å². The predicted molar refractivity (Wildman–Crippen MR) is 80.9 cm³/mol. The Bertz CT molecular complexity index is 573. The van der Waals surface area contributed by atoms with Crippen molar-refractivity contribution in [3.63, 3.8) is 0 Å². The number of benzene rings is 1. The Kier molecular flexibility index (Phi) is 4.44. The SMILES string of the molecule is CCOC[C@]1(N)[C@@H](c2ccc(Cl)cc2)[C@@H]1S(=O)(=O)CC. The molecule has 0 unspecified atom stereocenters. The van der Waals surface area contributed by atoms with Crippen LogP contribution in [0.4, 0.5) is 0 Å². The molecule has 1 aliphatic rings. The molecule has 1 aliphatic carbocycles. The van der Waals surface area contributed by atoms with E-state index in [1.807, 2.05) is 19.1 Å². The van der Waals surface area contributed by atoms with Gasteiger partial charge >= 0.3 is 0 Å². The topological polar surface area (TPSA) is 69.4 Å². The van der Waals surface area contributed by atoms with Gasteiger partial charge in [-0.1, -0.05) is 30.7 Å². The number of rotatable bonds is 6. The van der Waals surface area contributed by atoms with Gasteiger partial charge in [0.2, 0.25) is 0 Å². The third-order valence-corrected chi connectivity index (χ3v) is 6.42. The molecule has 3 atom stereocenters. The maximum Gasteiger partial charge on any atom is 0.155 e. The normalized spacial score (nSPS) is 29.4. The van der Waals surface area contributed by atoms with E-state index in [0.717, 1.165) is 5.56 Å². The summed E-state index contributed by atoms with van der Waals surface area (Å²) in [5.41, 5.74) is 6.38. The highest BCUT2D eigenvalue weighted by molar-refractivity contribution is 7.92. The predicted octanol–water partition coefficient (Wildman–Crippen LogP) is 1.97. The fourth-order valence-electron chi connectivity index (χ4n) is 2.75. The lowest BCUT2D eigenvalue weighted by molar-refractivity contribution is 0.125. The van der Waals surface area contributed by atoms with Crippen molar-refractivity contribution >= 4 is 21.4 Å². The van der Waals surface area contributed by atoms with Crippen LogP contribution in [0.1, 0.15) is 25.3 Å². The summed E-state index contributed by atoms with van der Waals surface area (Å²) in [5, 5.41) is 0.0458. The van der Waals surface area contributed by atoms with Gasteiger partial charge in [-0.3, -0.25) is 0 Å². The number of ether oxygens (including phenoxy) is 1. The summed E-state index contributed by atoms with van der Waals surface area (Å²) in [6.45, 7) is 4.28. The monoisotopic (exact) mass is 317 g/mol. The van der Waals surface area contributed by atoms with Gasteiger partial charge in [0.15, 0.2) is 9.84 Å². The molecule has 1 aromatic rings. The van der Waals surface area contributed by atoms with Crippen LogP contribution in [0.3, 0.4) is 0 Å². The van der Waals surface area contributed by atoms with E-state index in [1.165, 1.54) is 0 Å². The lowest BCUT2D eigenvalue weighted by atomic mass is 10.1. The van der Waals surface area contributed by atoms with Gasteiger partial charge in [0.05, 0.1) is 17.4 Å². The van der Waals surface area contributed by atoms with Crippen molar-refractivity contribution in [2.75, 3.05) is 19.0 Å². The summed E-state index contributed by atoms with van der Waals surface area (Å²) in [6, 6.07) is 7.19. The smallest absolute Gasteiger partial charge is 0.155 e. The summed E-state index contributed by atoms with van der Waals surface area (Å²) < 4.78 is 29.8. The Balaban J connectivity index is 2.32. The van der Waals surface area contributed by atoms with Gasteiger partial charge in [-0.15, -0.1) is 0 Å². The second-order valence-electron chi connectivity index (χ2n) is 5.15. The zero-order valence-electron chi connectivity index (χ0n) is 11.7. The highest BCUT2D eigenvalue weighted by Gasteiger charge is 2.68. The molecule has 0 bridgehead atoms. The summed E-state index contributed by atoms with van der Waals surface area (Å²) in [4.78, 5) is 0. The van der Waals surface area contributed by atoms with Gasteiger partial charge in [-0.2, -0.15) is 0 Å². The van der Waals surface area contributed by atoms with Gasteiger partial charge in [0, 0.05) is 23.3 Å². The molecule has 6 heteroatoms. The zero-order chi connectivity index (χ0) is 15.0. The van der Waals surface area contributed by atoms with E-state index >= 15 is 0 Å². The van der Waals surface area contributed by atoms with Crippen molar-refractivity contribution in [1.82, 2.24) is 0 Å². The Hall–Kier alpha value is -0.620. The molecule has 2 rings (SSSR count). The van der Waals surface area contributed by atoms with Crippen LogP contribution < -0.4 is 5.73 Å². The van der Waals surface area contributed by atoms with E-state index < -0.39 is 20.6 Å². The van der Waals surface area contributed by atoms with E-state index in [1.54, 1.807) is 19.1 Å². The van der Waals surface area contributed by atoms with Crippen molar-refractivity contribution in [3.8, 4) is 0 Å². The van der Waals surface area contributed by atoms with Crippen molar-refractivity contribution in [2.24, 2.45) is 5.73 Å². The quantitative estimate of drug-likeness (QED) is 0.871. The van der Waals surface area contributed by atoms with Crippen LogP contribution in [0.15, 0.2) is 24.3 Å². The second kappa shape index (κ2) is 5.64. The summed E-state index contributed by atoms with van der Waals surface area (Å²) >= 11 is 5.87. The molecule has 20 heavy (non-hydrogen) atoms. The minimum atomic E-state index is -3.21. The van der Waals surface area contributed by atoms with Crippen LogP contribution in [0, 0.1) is 0 Å². The average molecular weight is 318 g/mol. The molecule has 0 amide bonds. The number of sulfone groups is 1. The highest BCUT2D eigenvalue weighted by atomic mass is 35.5. The fraction of sp³-hybridized carbons (Fsp3) is 0.571. The summed E-state index contributed by atoms with van der Waals surface area (Å²) in [7, 11) is -3.21. The Morgan fingerprint density at radius 1 is 1.30 bits per heavy atom. The Labute approximate surface area is 125 Å². The van der Waals surface area contributed by atoms with Gasteiger partial charge in [0.1, 0.15) is 0 Å². The van der Waals surface area contributed by atoms with Gasteiger partial charge in [0.25, 0.3) is 0 Å². The first-order valence-corrected chi connectivity index (χ1v) is 8.79. The van der Waals surface area contributed by atoms with E-state index in [9.17, 15) is 8.42 Å². The molecule has 1 aromatic carbocycles. The first-order chi connectivity index (χ1) is 9.36. The minimum Gasteiger partial charge on any atom is -0.380 e. The molecule has 0 heterocycles. The number of nitrogens with two attached hydrogens (primary N) is 1. The Morgan fingerprint density at radius 2 is 1.90 bits per heavy atom. The number of halogens is 1. The Morgan fingerprint density at radius 3 is 2.40 bits per heavy atom. The van der Waals surface area contributed by atoms with Gasteiger partial charge < -0.3 is 10.5 Å². The maximum atomic E-state index is 12.2. The fourth-order valence-corrected chi connectivity index (χ4v) is 4.87. The summed E-state index contributed by atoms with van der Waals surface area (Å²) in [5.74, 6) is -0.136. The van der Waals surface area contributed by atoms with Crippen LogP contribution in [0.5, 0.6) is 0 Å². The van der Waals surface area contributed by atoms with Crippen LogP contribution in [-0.4, -0.2) is 38.2 Å². The molecule has 112 valence electrons. The van der Waals surface area contributed by atoms with Crippen molar-refractivity contribution in [3.05, 3.63) is 34.9 Å². The third-order valence-electron chi connectivity index (χ3n) is 3.88. The van der Waals surface area contributed by atoms with Crippen molar-refractivity contribution in [1.29, 1.82) is 0 Å². The molecule has 0 aliphatic heterocycles. The molecule has 0 spiro atoms. The molecule has 4 nitrogen and oxygen atoms in total. The number of hydrogen-bond acceptors (Lipinski definition) is 4. The molecule has 0 radical (unpaired) electrons. The van der Waals surface area contributed by atoms with E-state index in [-0.39, 0.29) is 18.3 Å². The van der Waals surface area contributed by atoms with Crippen LogP contribution in [0.25, 0.3) is 0 Å². The number of hydrogen-bond donors (Lipinski definition) is 1. The lowest BCUT2D eigenvalue weighted by Gasteiger charge is -2.12. The molecule has 2 N–H and O–H groups in total. The molecule has 0 aromatic heterocycles. The first kappa shape index (κ1) is 15.8. The molecule has 0 saturated heterocycles. The molecule has 1 saturated carbocycles. The average Bonchev–Trinajstić information content (AvgIpc) is 3.05. The zero-order valence-corrected chi connectivity index (χ0v) is 13.2. The maximum absolute atomic E-state index is 12.2. The van der Waals surface area contributed by atoms with Crippen LogP contribution in [0.2, 0.25) is 5.02 Å². The largest absolute Gasteiger partial charge is 0.380 e. The second-order valence-corrected chi connectivity index (χ2v) is 8.00. The van der Waals surface area contributed by atoms with E-state index in [0.29, 0.717) is 11.6 Å². The highest BCUT2D eigenvalue weighted by Crippen LogP contribution is 2.54. The standard InChI is InChI=1S/C14H20ClNO3S/c1-3-19-9-14(16)12(13(14)20(17,18)4-2)10-5-7-11(15)8-6-10/h5-8,12-13H,3-4,9,16H2,1-2H3/t12-,13-,14-/m0/s1. The van der Waals surface area contributed by atoms with Crippen LogP contribution >= 0.6 is 11.6 Å². The van der Waals surface area contributed by atoms with Crippen LogP contribution in [-0.2, 0) is 14.6 Å². The first-order valence-electron chi connectivity index (χ1n) is 6.70. The van der Waals surface area contributed by atoms with E-state index in [4.69, 9.17) is 22.1 Å². The third kappa shape index (κ3) is 2.72. The summed E-state index contributed by atoms with van der Waals surface area (Å²) in [6.07, 6.45) is 0.